The highest BCUT2D eigenvalue weighted by Crippen LogP contribution is 2.26. The molecule has 1 aromatic heterocycles. The van der Waals surface area contributed by atoms with Crippen molar-refractivity contribution >= 4 is 52.5 Å². The third-order valence-electron chi connectivity index (χ3n) is 4.18. The average Bonchev–Trinajstić information content (AvgIpc) is 2.77. The molecule has 0 aliphatic carbocycles. The van der Waals surface area contributed by atoms with Gasteiger partial charge in [-0.1, -0.05) is 23.2 Å². The Kier molecular flexibility index (Phi) is 8.21. The molecule has 2 N–H and O–H groups in total. The van der Waals surface area contributed by atoms with Crippen LogP contribution in [0.3, 0.4) is 0 Å². The lowest BCUT2D eigenvalue weighted by molar-refractivity contribution is 0.0697. The van der Waals surface area contributed by atoms with Crippen LogP contribution in [0, 0.1) is 0 Å². The van der Waals surface area contributed by atoms with Gasteiger partial charge in [-0.15, -0.1) is 11.8 Å². The molecule has 0 saturated carbocycles. The van der Waals surface area contributed by atoms with Gasteiger partial charge >= 0.3 is 5.97 Å². The third-order valence-corrected chi connectivity index (χ3v) is 5.43. The number of amides is 1. The molecule has 3 rings (SSSR count). The Labute approximate surface area is 198 Å². The van der Waals surface area contributed by atoms with Gasteiger partial charge in [0.05, 0.1) is 21.8 Å². The normalized spacial score (nSPS) is 10.5. The van der Waals surface area contributed by atoms with Crippen LogP contribution in [0.1, 0.15) is 20.7 Å². The summed E-state index contributed by atoms with van der Waals surface area (Å²) in [6, 6.07) is 12.3. The minimum absolute atomic E-state index is 0.108. The molecular formula is C22H18Cl2N2O5S. The van der Waals surface area contributed by atoms with Crippen LogP contribution in [0.4, 0.5) is 5.69 Å². The number of carbonyl (C=O) groups excluding carboxylic acids is 1. The van der Waals surface area contributed by atoms with Gasteiger partial charge in [-0.3, -0.25) is 4.79 Å². The van der Waals surface area contributed by atoms with Crippen LogP contribution in [0.2, 0.25) is 10.0 Å². The molecule has 0 fully saturated rings. The molecule has 32 heavy (non-hydrogen) atoms. The van der Waals surface area contributed by atoms with Crippen molar-refractivity contribution in [3.63, 3.8) is 0 Å². The molecule has 166 valence electrons. The summed E-state index contributed by atoms with van der Waals surface area (Å²) < 4.78 is 11.3. The number of anilines is 1. The molecule has 0 atom stereocenters. The zero-order valence-corrected chi connectivity index (χ0v) is 19.1. The van der Waals surface area contributed by atoms with E-state index in [2.05, 4.69) is 10.3 Å². The fourth-order valence-electron chi connectivity index (χ4n) is 2.71. The number of rotatable bonds is 9. The van der Waals surface area contributed by atoms with Crippen LogP contribution in [-0.4, -0.2) is 41.4 Å². The Balaban J connectivity index is 1.65. The summed E-state index contributed by atoms with van der Waals surface area (Å²) in [5.41, 5.74) is 0.153. The molecule has 1 amide bonds. The summed E-state index contributed by atoms with van der Waals surface area (Å²) in [6.45, 7) is 0.434. The number of benzene rings is 2. The maximum absolute atomic E-state index is 12.5. The molecule has 0 saturated heterocycles. The van der Waals surface area contributed by atoms with E-state index < -0.39 is 11.9 Å². The van der Waals surface area contributed by atoms with Crippen molar-refractivity contribution in [1.82, 2.24) is 4.98 Å². The number of nitrogens with one attached hydrogen (secondary N) is 1. The van der Waals surface area contributed by atoms with E-state index in [0.29, 0.717) is 16.5 Å². The van der Waals surface area contributed by atoms with Crippen LogP contribution in [0.5, 0.6) is 11.5 Å². The zero-order chi connectivity index (χ0) is 23.1. The lowest BCUT2D eigenvalue weighted by Crippen LogP contribution is -2.16. The number of carboxylic acids is 1. The van der Waals surface area contributed by atoms with E-state index in [4.69, 9.17) is 32.7 Å². The first kappa shape index (κ1) is 23.7. The van der Waals surface area contributed by atoms with Gasteiger partial charge in [0, 0.05) is 11.2 Å². The van der Waals surface area contributed by atoms with Crippen LogP contribution in [0.15, 0.2) is 59.8 Å². The second-order valence-electron chi connectivity index (χ2n) is 6.30. The number of carbonyl (C=O) groups is 2. The lowest BCUT2D eigenvalue weighted by atomic mass is 10.1. The fourth-order valence-corrected chi connectivity index (χ4v) is 3.70. The number of aromatic nitrogens is 1. The number of nitrogens with zero attached hydrogens (tertiary/aromatic N) is 1. The van der Waals surface area contributed by atoms with E-state index in [1.807, 2.05) is 12.3 Å². The van der Waals surface area contributed by atoms with Gasteiger partial charge in [0.2, 0.25) is 0 Å². The van der Waals surface area contributed by atoms with Gasteiger partial charge < -0.3 is 19.9 Å². The number of pyridine rings is 1. The summed E-state index contributed by atoms with van der Waals surface area (Å²) >= 11 is 13.4. The maximum atomic E-state index is 12.5. The third kappa shape index (κ3) is 6.06. The van der Waals surface area contributed by atoms with Crippen LogP contribution >= 0.6 is 35.0 Å². The monoisotopic (exact) mass is 492 g/mol. The Hall–Kier alpha value is -2.94. The molecule has 0 spiro atoms. The SMILES string of the molecule is CSc1ncccc1OCCOc1ccc(NC(=O)c2ccc(Cl)cc2Cl)c(C(=O)O)c1. The standard InChI is InChI=1S/C22H18Cl2N2O5S/c1-32-21-19(3-2-8-25-21)31-10-9-30-14-5-7-18(16(12-14)22(28)29)26-20(27)15-6-4-13(23)11-17(15)24/h2-8,11-12H,9-10H2,1H3,(H,26,27)(H,28,29). The molecule has 0 bridgehead atoms. The summed E-state index contributed by atoms with van der Waals surface area (Å²) in [5, 5.41) is 13.4. The van der Waals surface area contributed by atoms with E-state index in [1.54, 1.807) is 18.3 Å². The minimum atomic E-state index is -1.22. The maximum Gasteiger partial charge on any atom is 0.337 e. The van der Waals surface area contributed by atoms with E-state index in [-0.39, 0.29) is 35.1 Å². The topological polar surface area (TPSA) is 97.8 Å². The van der Waals surface area contributed by atoms with Crippen molar-refractivity contribution < 1.29 is 24.2 Å². The predicted octanol–water partition coefficient (Wildman–Crippen LogP) is 5.52. The second-order valence-corrected chi connectivity index (χ2v) is 7.94. The van der Waals surface area contributed by atoms with Gasteiger partial charge in [0.1, 0.15) is 24.0 Å². The molecule has 10 heteroatoms. The Morgan fingerprint density at radius 3 is 2.56 bits per heavy atom. The average molecular weight is 493 g/mol. The molecule has 0 unspecified atom stereocenters. The first-order valence-corrected chi connectivity index (χ1v) is 11.3. The summed E-state index contributed by atoms with van der Waals surface area (Å²) in [5.74, 6) is -0.806. The Morgan fingerprint density at radius 2 is 1.84 bits per heavy atom. The van der Waals surface area contributed by atoms with Gasteiger partial charge in [-0.2, -0.15) is 0 Å². The summed E-state index contributed by atoms with van der Waals surface area (Å²) in [4.78, 5) is 28.4. The van der Waals surface area contributed by atoms with Crippen molar-refractivity contribution in [3.05, 3.63) is 75.9 Å². The lowest BCUT2D eigenvalue weighted by Gasteiger charge is -2.13. The van der Waals surface area contributed by atoms with Crippen LogP contribution in [-0.2, 0) is 0 Å². The van der Waals surface area contributed by atoms with Gasteiger partial charge in [-0.05, 0) is 54.8 Å². The van der Waals surface area contributed by atoms with E-state index in [9.17, 15) is 14.7 Å². The Morgan fingerprint density at radius 1 is 1.06 bits per heavy atom. The molecule has 0 radical (unpaired) electrons. The van der Waals surface area contributed by atoms with E-state index in [1.165, 1.54) is 42.1 Å². The van der Waals surface area contributed by atoms with Crippen LogP contribution < -0.4 is 14.8 Å². The molecule has 1 heterocycles. The van der Waals surface area contributed by atoms with Crippen molar-refractivity contribution in [2.24, 2.45) is 0 Å². The van der Waals surface area contributed by atoms with Crippen LogP contribution in [0.25, 0.3) is 0 Å². The van der Waals surface area contributed by atoms with Crippen molar-refractivity contribution in [2.45, 2.75) is 5.03 Å². The molecule has 7 nitrogen and oxygen atoms in total. The highest BCUT2D eigenvalue weighted by Gasteiger charge is 2.17. The fraction of sp³-hybridized carbons (Fsp3) is 0.136. The molecular weight excluding hydrogens is 475 g/mol. The van der Waals surface area contributed by atoms with Gasteiger partial charge in [0.15, 0.2) is 5.75 Å². The molecule has 3 aromatic rings. The largest absolute Gasteiger partial charge is 0.490 e. The predicted molar refractivity (Wildman–Crippen MR) is 125 cm³/mol. The molecule has 0 aliphatic rings. The van der Waals surface area contributed by atoms with Gasteiger partial charge in [0.25, 0.3) is 5.91 Å². The number of aromatic carboxylic acids is 1. The number of hydrogen-bond acceptors (Lipinski definition) is 6. The first-order valence-electron chi connectivity index (χ1n) is 9.27. The van der Waals surface area contributed by atoms with Crippen molar-refractivity contribution in [1.29, 1.82) is 0 Å². The quantitative estimate of drug-likeness (QED) is 0.299. The number of thioether (sulfide) groups is 1. The minimum Gasteiger partial charge on any atom is -0.490 e. The number of halogens is 2. The summed E-state index contributed by atoms with van der Waals surface area (Å²) in [6.07, 6.45) is 3.59. The van der Waals surface area contributed by atoms with Crippen molar-refractivity contribution in [2.75, 3.05) is 24.8 Å². The molecule has 0 aliphatic heterocycles. The number of carboxylic acid groups (broad SMARTS) is 1. The second kappa shape index (κ2) is 11.1. The summed E-state index contributed by atoms with van der Waals surface area (Å²) in [7, 11) is 0. The highest BCUT2D eigenvalue weighted by atomic mass is 35.5. The smallest absolute Gasteiger partial charge is 0.337 e. The number of ether oxygens (including phenoxy) is 2. The Bertz CT molecular complexity index is 1140. The first-order chi connectivity index (χ1) is 15.4. The molecule has 2 aromatic carbocycles. The van der Waals surface area contributed by atoms with E-state index in [0.717, 1.165) is 5.03 Å². The highest BCUT2D eigenvalue weighted by molar-refractivity contribution is 7.98. The number of hydrogen-bond donors (Lipinski definition) is 2. The van der Waals surface area contributed by atoms with E-state index >= 15 is 0 Å². The zero-order valence-electron chi connectivity index (χ0n) is 16.8. The van der Waals surface area contributed by atoms with Gasteiger partial charge in [-0.25, -0.2) is 9.78 Å². The van der Waals surface area contributed by atoms with Crippen molar-refractivity contribution in [3.8, 4) is 11.5 Å².